The summed E-state index contributed by atoms with van der Waals surface area (Å²) >= 11 is 12.0. The van der Waals surface area contributed by atoms with Gasteiger partial charge in [0.1, 0.15) is 5.82 Å². The quantitative estimate of drug-likeness (QED) is 0.506. The third-order valence-electron chi connectivity index (χ3n) is 3.86. The molecule has 20 heavy (non-hydrogen) atoms. The number of nitrogens with zero attached hydrogens (tertiary/aromatic N) is 1. The van der Waals surface area contributed by atoms with Gasteiger partial charge in [0.15, 0.2) is 5.82 Å². The van der Waals surface area contributed by atoms with Crippen LogP contribution in [0.15, 0.2) is 6.07 Å². The summed E-state index contributed by atoms with van der Waals surface area (Å²) in [5, 5.41) is 14.4. The molecular formula is C13H20Cl2N4O. The molecule has 5 nitrogen and oxygen atoms in total. The van der Waals surface area contributed by atoms with Crippen LogP contribution < -0.4 is 16.6 Å². The Morgan fingerprint density at radius 1 is 1.35 bits per heavy atom. The zero-order valence-electron chi connectivity index (χ0n) is 11.4. The lowest BCUT2D eigenvalue weighted by Gasteiger charge is -2.35. The molecule has 1 saturated carbocycles. The van der Waals surface area contributed by atoms with E-state index in [1.165, 1.54) is 0 Å². The highest BCUT2D eigenvalue weighted by Gasteiger charge is 2.31. The van der Waals surface area contributed by atoms with E-state index in [9.17, 15) is 5.11 Å². The van der Waals surface area contributed by atoms with E-state index in [0.29, 0.717) is 34.1 Å². The molecule has 1 fully saturated rings. The van der Waals surface area contributed by atoms with E-state index in [0.717, 1.165) is 25.7 Å². The average Bonchev–Trinajstić information content (AvgIpc) is 2.42. The molecular weight excluding hydrogens is 299 g/mol. The first-order valence-electron chi connectivity index (χ1n) is 6.72. The van der Waals surface area contributed by atoms with Crippen LogP contribution in [-0.2, 0) is 0 Å². The molecule has 5 N–H and O–H groups in total. The second kappa shape index (κ2) is 6.35. The zero-order valence-corrected chi connectivity index (χ0v) is 12.9. The molecule has 1 aromatic heterocycles. The van der Waals surface area contributed by atoms with Gasteiger partial charge in [-0.3, -0.25) is 0 Å². The third kappa shape index (κ3) is 3.67. The van der Waals surface area contributed by atoms with Crippen LogP contribution in [0.4, 0.5) is 11.6 Å². The predicted molar refractivity (Wildman–Crippen MR) is 83.1 cm³/mol. The molecule has 0 spiro atoms. The summed E-state index contributed by atoms with van der Waals surface area (Å²) in [6, 6.07) is 1.57. The van der Waals surface area contributed by atoms with Crippen LogP contribution in [0.1, 0.15) is 32.6 Å². The van der Waals surface area contributed by atoms with Crippen molar-refractivity contribution in [2.24, 2.45) is 11.8 Å². The molecule has 112 valence electrons. The molecule has 0 aromatic carbocycles. The zero-order chi connectivity index (χ0) is 14.8. The van der Waals surface area contributed by atoms with Gasteiger partial charge in [0.2, 0.25) is 0 Å². The van der Waals surface area contributed by atoms with Crippen LogP contribution >= 0.6 is 23.2 Å². The van der Waals surface area contributed by atoms with E-state index < -0.39 is 5.60 Å². The van der Waals surface area contributed by atoms with Gasteiger partial charge in [0.05, 0.1) is 15.6 Å². The number of nitrogens with two attached hydrogens (primary N) is 1. The molecule has 1 aliphatic rings. The molecule has 2 rings (SSSR count). The fourth-order valence-corrected chi connectivity index (χ4v) is 2.90. The van der Waals surface area contributed by atoms with Crippen molar-refractivity contribution >= 4 is 34.8 Å². The first kappa shape index (κ1) is 15.6. The Bertz CT molecular complexity index is 476. The topological polar surface area (TPSA) is 83.2 Å². The van der Waals surface area contributed by atoms with Gasteiger partial charge in [-0.25, -0.2) is 10.8 Å². The van der Waals surface area contributed by atoms with E-state index in [2.05, 4.69) is 22.7 Å². The fraction of sp³-hybridized carbons (Fsp3) is 0.615. The number of nitrogens with one attached hydrogen (secondary N) is 2. The van der Waals surface area contributed by atoms with Gasteiger partial charge in [-0.15, -0.1) is 0 Å². The molecule has 0 amide bonds. The molecule has 0 aliphatic heterocycles. The second-order valence-electron chi connectivity index (χ2n) is 5.55. The maximum absolute atomic E-state index is 10.5. The lowest BCUT2D eigenvalue weighted by Crippen LogP contribution is -2.40. The van der Waals surface area contributed by atoms with Gasteiger partial charge in [-0.05, 0) is 37.7 Å². The van der Waals surface area contributed by atoms with Crippen molar-refractivity contribution < 1.29 is 5.11 Å². The number of pyridine rings is 1. The Hall–Kier alpha value is -0.750. The number of hydrazine groups is 1. The van der Waals surface area contributed by atoms with Crippen molar-refractivity contribution in [3.8, 4) is 0 Å². The number of aromatic nitrogens is 1. The summed E-state index contributed by atoms with van der Waals surface area (Å²) in [5.74, 6) is 6.83. The molecule has 1 aromatic rings. The summed E-state index contributed by atoms with van der Waals surface area (Å²) in [6.07, 6.45) is 3.65. The minimum Gasteiger partial charge on any atom is -0.388 e. The van der Waals surface area contributed by atoms with Crippen molar-refractivity contribution in [3.63, 3.8) is 0 Å². The molecule has 7 heteroatoms. The SMILES string of the molecule is CC1CCC(O)(CNc2nc(NN)c(Cl)cc2Cl)CC1. The number of aliphatic hydroxyl groups is 1. The number of hydrogen-bond donors (Lipinski definition) is 4. The summed E-state index contributed by atoms with van der Waals surface area (Å²) in [6.45, 7) is 2.63. The second-order valence-corrected chi connectivity index (χ2v) is 6.37. The highest BCUT2D eigenvalue weighted by Crippen LogP contribution is 2.33. The normalized spacial score (nSPS) is 26.4. The maximum atomic E-state index is 10.5. The fourth-order valence-electron chi connectivity index (χ4n) is 2.42. The Morgan fingerprint density at radius 3 is 2.55 bits per heavy atom. The average molecular weight is 319 g/mol. The van der Waals surface area contributed by atoms with Crippen LogP contribution in [-0.4, -0.2) is 22.2 Å². The Balaban J connectivity index is 2.03. The largest absolute Gasteiger partial charge is 0.388 e. The Labute approximate surface area is 128 Å². The van der Waals surface area contributed by atoms with Crippen molar-refractivity contribution in [2.75, 3.05) is 17.3 Å². The minimum atomic E-state index is -0.701. The monoisotopic (exact) mass is 318 g/mol. The van der Waals surface area contributed by atoms with Crippen LogP contribution in [0.25, 0.3) is 0 Å². The number of nitrogen functional groups attached to an aromatic ring is 1. The standard InChI is InChI=1S/C13H20Cl2N4O/c1-8-2-4-13(20,5-3-8)7-17-11-9(14)6-10(15)12(18-11)19-16/h6,8,20H,2-5,7,16H2,1H3,(H2,17,18,19). The molecule has 1 aliphatic carbocycles. The first-order valence-corrected chi connectivity index (χ1v) is 7.48. The summed E-state index contributed by atoms with van der Waals surface area (Å²) < 4.78 is 0. The molecule has 1 heterocycles. The van der Waals surface area contributed by atoms with Gasteiger partial charge < -0.3 is 15.8 Å². The van der Waals surface area contributed by atoms with E-state index >= 15 is 0 Å². The third-order valence-corrected chi connectivity index (χ3v) is 4.43. The molecule has 0 atom stereocenters. The van der Waals surface area contributed by atoms with Gasteiger partial charge in [0, 0.05) is 6.54 Å². The lowest BCUT2D eigenvalue weighted by atomic mass is 9.79. The molecule has 0 unspecified atom stereocenters. The lowest BCUT2D eigenvalue weighted by molar-refractivity contribution is 0.00495. The van der Waals surface area contributed by atoms with E-state index in [4.69, 9.17) is 29.0 Å². The number of rotatable bonds is 4. The van der Waals surface area contributed by atoms with Crippen LogP contribution in [0.5, 0.6) is 0 Å². The molecule has 0 bridgehead atoms. The van der Waals surface area contributed by atoms with Crippen LogP contribution in [0.2, 0.25) is 10.0 Å². The van der Waals surface area contributed by atoms with Crippen molar-refractivity contribution in [1.29, 1.82) is 0 Å². The van der Waals surface area contributed by atoms with E-state index in [1.807, 2.05) is 0 Å². The highest BCUT2D eigenvalue weighted by molar-refractivity contribution is 6.37. The number of hydrogen-bond acceptors (Lipinski definition) is 5. The summed E-state index contributed by atoms with van der Waals surface area (Å²) in [5.41, 5.74) is 1.71. The van der Waals surface area contributed by atoms with Crippen molar-refractivity contribution in [3.05, 3.63) is 16.1 Å². The maximum Gasteiger partial charge on any atom is 0.161 e. The van der Waals surface area contributed by atoms with Crippen molar-refractivity contribution in [1.82, 2.24) is 4.98 Å². The summed E-state index contributed by atoms with van der Waals surface area (Å²) in [7, 11) is 0. The minimum absolute atomic E-state index is 0.350. The summed E-state index contributed by atoms with van der Waals surface area (Å²) in [4.78, 5) is 4.20. The van der Waals surface area contributed by atoms with Gasteiger partial charge in [0.25, 0.3) is 0 Å². The van der Waals surface area contributed by atoms with E-state index in [1.54, 1.807) is 6.07 Å². The highest BCUT2D eigenvalue weighted by atomic mass is 35.5. The van der Waals surface area contributed by atoms with Gasteiger partial charge >= 0.3 is 0 Å². The predicted octanol–water partition coefficient (Wildman–Crippen LogP) is 3.03. The Kier molecular flexibility index (Phi) is 4.96. The van der Waals surface area contributed by atoms with Crippen LogP contribution in [0.3, 0.4) is 0 Å². The molecule has 0 radical (unpaired) electrons. The van der Waals surface area contributed by atoms with E-state index in [-0.39, 0.29) is 0 Å². The first-order chi connectivity index (χ1) is 9.43. The number of anilines is 2. The number of halogens is 2. The van der Waals surface area contributed by atoms with Gasteiger partial charge in [-0.1, -0.05) is 30.1 Å². The van der Waals surface area contributed by atoms with Crippen molar-refractivity contribution in [2.45, 2.75) is 38.2 Å². The molecule has 0 saturated heterocycles. The Morgan fingerprint density at radius 2 is 1.95 bits per heavy atom. The smallest absolute Gasteiger partial charge is 0.161 e. The van der Waals surface area contributed by atoms with Crippen LogP contribution in [0, 0.1) is 5.92 Å². The van der Waals surface area contributed by atoms with Gasteiger partial charge in [-0.2, -0.15) is 0 Å².